The van der Waals surface area contributed by atoms with Crippen molar-refractivity contribution in [1.82, 2.24) is 0 Å². The molecule has 7 nitrogen and oxygen atoms in total. The summed E-state index contributed by atoms with van der Waals surface area (Å²) in [4.78, 5) is 46.8. The van der Waals surface area contributed by atoms with Crippen LogP contribution in [0.1, 0.15) is 30.5 Å². The minimum absolute atomic E-state index is 0.00292. The van der Waals surface area contributed by atoms with E-state index < -0.39 is 17.8 Å². The van der Waals surface area contributed by atoms with Crippen LogP contribution in [0.2, 0.25) is 0 Å². The lowest BCUT2D eigenvalue weighted by Crippen LogP contribution is -2.30. The average molecular weight is 552 g/mol. The minimum atomic E-state index is -1.13. The molecule has 0 bridgehead atoms. The largest absolute Gasteiger partial charge is 0.478 e. The van der Waals surface area contributed by atoms with Crippen LogP contribution < -0.4 is 4.90 Å². The molecule has 2 amide bonds. The molecular formula is C34H33NO6. The summed E-state index contributed by atoms with van der Waals surface area (Å²) in [5.41, 5.74) is 4.15. The Hall–Kier alpha value is -5.30. The molecule has 0 saturated heterocycles. The van der Waals surface area contributed by atoms with Crippen molar-refractivity contribution >= 4 is 35.5 Å². The van der Waals surface area contributed by atoms with Crippen LogP contribution in [-0.2, 0) is 30.5 Å². The first-order chi connectivity index (χ1) is 19.5. The van der Waals surface area contributed by atoms with Gasteiger partial charge in [0.2, 0.25) is 0 Å². The first kappa shape index (κ1) is 31.9. The molecular weight excluding hydrogens is 518 g/mol. The number of amides is 2. The lowest BCUT2D eigenvalue weighted by atomic mass is 10.1. The second-order valence-corrected chi connectivity index (χ2v) is 9.00. The summed E-state index contributed by atoms with van der Waals surface area (Å²) in [5.74, 6) is -2.45. The number of ether oxygens (including phenoxy) is 1. The predicted octanol–water partition coefficient (Wildman–Crippen LogP) is 6.46. The topological polar surface area (TPSA) is 101 Å². The molecule has 3 aromatic rings. The molecule has 3 aromatic carbocycles. The van der Waals surface area contributed by atoms with Gasteiger partial charge in [0.05, 0.1) is 5.69 Å². The Balaban J connectivity index is 0.000000239. The predicted molar refractivity (Wildman–Crippen MR) is 161 cm³/mol. The fourth-order valence-electron chi connectivity index (χ4n) is 3.26. The summed E-state index contributed by atoms with van der Waals surface area (Å²) in [6.45, 7) is 12.3. The molecule has 4 rings (SSSR count). The molecule has 0 aromatic heterocycles. The third kappa shape index (κ3) is 10.4. The Kier molecular flexibility index (Phi) is 12.4. The molecule has 0 spiro atoms. The van der Waals surface area contributed by atoms with Gasteiger partial charge in [-0.15, -0.1) is 0 Å². The van der Waals surface area contributed by atoms with Crippen LogP contribution in [0, 0.1) is 6.92 Å². The van der Waals surface area contributed by atoms with Gasteiger partial charge in [0.15, 0.2) is 0 Å². The number of aryl methyl sites for hydroxylation is 1. The van der Waals surface area contributed by atoms with Crippen molar-refractivity contribution in [2.24, 2.45) is 0 Å². The number of nitrogens with zero attached hydrogens (tertiary/aromatic N) is 1. The molecule has 0 saturated carbocycles. The highest BCUT2D eigenvalue weighted by Crippen LogP contribution is 2.24. The van der Waals surface area contributed by atoms with Gasteiger partial charge in [-0.1, -0.05) is 97.6 Å². The number of anilines is 1. The summed E-state index contributed by atoms with van der Waals surface area (Å²) in [6.07, 6.45) is 4.19. The normalized spacial score (nSPS) is 12.2. The van der Waals surface area contributed by atoms with E-state index >= 15 is 0 Å². The van der Waals surface area contributed by atoms with Crippen LogP contribution >= 0.6 is 0 Å². The number of rotatable bonds is 7. The maximum Gasteiger partial charge on any atom is 0.333 e. The lowest BCUT2D eigenvalue weighted by molar-refractivity contribution is -0.140. The summed E-state index contributed by atoms with van der Waals surface area (Å²) in [7, 11) is 0. The molecule has 0 fully saturated rings. The van der Waals surface area contributed by atoms with Crippen molar-refractivity contribution < 1.29 is 29.0 Å². The van der Waals surface area contributed by atoms with Gasteiger partial charge in [0, 0.05) is 22.8 Å². The van der Waals surface area contributed by atoms with E-state index in [4.69, 9.17) is 9.84 Å². The second kappa shape index (κ2) is 16.0. The van der Waals surface area contributed by atoms with Crippen molar-refractivity contribution in [2.75, 3.05) is 4.90 Å². The van der Waals surface area contributed by atoms with Crippen molar-refractivity contribution in [3.05, 3.63) is 144 Å². The van der Waals surface area contributed by atoms with E-state index in [9.17, 15) is 19.2 Å². The molecule has 1 aliphatic heterocycles. The highest BCUT2D eigenvalue weighted by molar-refractivity contribution is 6.31. The molecule has 7 heteroatoms. The van der Waals surface area contributed by atoms with E-state index in [0.29, 0.717) is 17.9 Å². The Morgan fingerprint density at radius 3 is 1.95 bits per heavy atom. The van der Waals surface area contributed by atoms with Gasteiger partial charge in [-0.05, 0) is 50.1 Å². The fraction of sp³-hybridized carbons (Fsp3) is 0.118. The quantitative estimate of drug-likeness (QED) is 0.205. The van der Waals surface area contributed by atoms with E-state index in [2.05, 4.69) is 13.2 Å². The third-order valence-electron chi connectivity index (χ3n) is 5.55. The Bertz CT molecular complexity index is 1450. The number of carbonyl (C=O) groups excluding carboxylic acids is 3. The van der Waals surface area contributed by atoms with E-state index in [1.807, 2.05) is 73.7 Å². The Labute approximate surface area is 240 Å². The highest BCUT2D eigenvalue weighted by Gasteiger charge is 2.31. The summed E-state index contributed by atoms with van der Waals surface area (Å²) in [5, 5.41) is 8.80. The lowest BCUT2D eigenvalue weighted by Gasteiger charge is -2.14. The van der Waals surface area contributed by atoms with Crippen LogP contribution in [0.5, 0.6) is 0 Å². The smallest absolute Gasteiger partial charge is 0.333 e. The van der Waals surface area contributed by atoms with E-state index in [-0.39, 0.29) is 17.1 Å². The molecule has 41 heavy (non-hydrogen) atoms. The molecule has 1 heterocycles. The van der Waals surface area contributed by atoms with Gasteiger partial charge in [-0.2, -0.15) is 0 Å². The number of carbonyl (C=O) groups is 4. The fourth-order valence-corrected chi connectivity index (χ4v) is 3.26. The standard InChI is InChI=1S/C15H13NO4.C11H12O2.C8H8/c1-9-3-5-12(6-4-9)16-13(17)8-11(14(16)18)7-10(2)15(19)20;1-9(2)11(12)13-8-10-6-4-3-5-7-10;1-2-8-6-4-3-5-7-8/h3-8H,1-2H3,(H,19,20);3-7H,1,8H2,2H3;2-7H,1H2. The number of esters is 1. The molecule has 0 atom stereocenters. The molecule has 0 aliphatic carbocycles. The van der Waals surface area contributed by atoms with Crippen molar-refractivity contribution in [3.63, 3.8) is 0 Å². The SMILES string of the molecule is C=C(C)C(=O)OCc1ccccc1.C=Cc1ccccc1.CC(=CC1=CC(=O)N(c2ccc(C)cc2)C1=O)C(=O)O. The van der Waals surface area contributed by atoms with Crippen LogP contribution in [0.25, 0.3) is 6.08 Å². The van der Waals surface area contributed by atoms with Crippen LogP contribution in [0.3, 0.4) is 0 Å². The van der Waals surface area contributed by atoms with Crippen molar-refractivity contribution in [2.45, 2.75) is 27.4 Å². The average Bonchev–Trinajstić information content (AvgIpc) is 3.25. The van der Waals surface area contributed by atoms with E-state index in [0.717, 1.165) is 22.1 Å². The zero-order valence-corrected chi connectivity index (χ0v) is 23.4. The van der Waals surface area contributed by atoms with Gasteiger partial charge in [-0.3, -0.25) is 9.59 Å². The molecule has 210 valence electrons. The molecule has 0 radical (unpaired) electrons. The Morgan fingerprint density at radius 1 is 0.902 bits per heavy atom. The van der Waals surface area contributed by atoms with Crippen molar-refractivity contribution in [3.8, 4) is 0 Å². The molecule has 1 aliphatic rings. The number of hydrogen-bond donors (Lipinski definition) is 1. The number of benzene rings is 3. The number of aliphatic carboxylic acids is 1. The van der Waals surface area contributed by atoms with Gasteiger partial charge >= 0.3 is 11.9 Å². The van der Waals surface area contributed by atoms with Gasteiger partial charge in [0.1, 0.15) is 6.61 Å². The first-order valence-electron chi connectivity index (χ1n) is 12.7. The monoisotopic (exact) mass is 551 g/mol. The van der Waals surface area contributed by atoms with Gasteiger partial charge < -0.3 is 9.84 Å². The second-order valence-electron chi connectivity index (χ2n) is 9.00. The summed E-state index contributed by atoms with van der Waals surface area (Å²) < 4.78 is 4.95. The zero-order valence-electron chi connectivity index (χ0n) is 23.4. The maximum atomic E-state index is 12.2. The minimum Gasteiger partial charge on any atom is -0.478 e. The van der Waals surface area contributed by atoms with E-state index in [1.165, 1.54) is 18.6 Å². The summed E-state index contributed by atoms with van der Waals surface area (Å²) in [6, 6.07) is 26.5. The molecule has 1 N–H and O–H groups in total. The van der Waals surface area contributed by atoms with Gasteiger partial charge in [-0.25, -0.2) is 14.5 Å². The maximum absolute atomic E-state index is 12.2. The van der Waals surface area contributed by atoms with Gasteiger partial charge in [0.25, 0.3) is 11.8 Å². The first-order valence-corrected chi connectivity index (χ1v) is 12.7. The van der Waals surface area contributed by atoms with Crippen LogP contribution in [0.4, 0.5) is 5.69 Å². The van der Waals surface area contributed by atoms with Crippen molar-refractivity contribution in [1.29, 1.82) is 0 Å². The van der Waals surface area contributed by atoms with Crippen LogP contribution in [-0.4, -0.2) is 28.9 Å². The van der Waals surface area contributed by atoms with Crippen LogP contribution in [0.15, 0.2) is 127 Å². The third-order valence-corrected chi connectivity index (χ3v) is 5.55. The number of hydrogen-bond acceptors (Lipinski definition) is 5. The molecule has 0 unspecified atom stereocenters. The highest BCUT2D eigenvalue weighted by atomic mass is 16.5. The number of carboxylic acid groups (broad SMARTS) is 1. The number of carboxylic acids is 1. The van der Waals surface area contributed by atoms with E-state index in [1.54, 1.807) is 31.2 Å². The number of imide groups is 1. The summed E-state index contributed by atoms with van der Waals surface area (Å²) >= 11 is 0. The Morgan fingerprint density at radius 2 is 1.46 bits per heavy atom. The zero-order chi connectivity index (χ0) is 30.4.